The summed E-state index contributed by atoms with van der Waals surface area (Å²) in [7, 11) is 0. The number of aliphatic hydroxyl groups excluding tert-OH is 1. The molecule has 14 heavy (non-hydrogen) atoms. The molecule has 0 spiro atoms. The van der Waals surface area contributed by atoms with Gasteiger partial charge >= 0.3 is 6.18 Å². The summed E-state index contributed by atoms with van der Waals surface area (Å²) in [5.74, 6) is -0.505. The lowest BCUT2D eigenvalue weighted by atomic mass is 10.1. The zero-order valence-corrected chi connectivity index (χ0v) is 8.35. The van der Waals surface area contributed by atoms with Gasteiger partial charge in [0.1, 0.15) is 5.75 Å². The van der Waals surface area contributed by atoms with E-state index in [-0.39, 0.29) is 10.0 Å². The van der Waals surface area contributed by atoms with Crippen molar-refractivity contribution in [3.05, 3.63) is 27.7 Å². The number of aromatic hydroxyl groups is 1. The van der Waals surface area contributed by atoms with Gasteiger partial charge in [-0.3, -0.25) is 0 Å². The Morgan fingerprint density at radius 3 is 2.29 bits per heavy atom. The summed E-state index contributed by atoms with van der Waals surface area (Å²) in [5, 5.41) is 17.7. The fourth-order valence-corrected chi connectivity index (χ4v) is 1.39. The van der Waals surface area contributed by atoms with E-state index in [0.29, 0.717) is 6.07 Å². The zero-order valence-electron chi connectivity index (χ0n) is 6.77. The first-order valence-electron chi connectivity index (χ1n) is 3.55. The minimum Gasteiger partial charge on any atom is -0.507 e. The molecule has 0 heterocycles. The van der Waals surface area contributed by atoms with Crippen LogP contribution in [0.15, 0.2) is 16.6 Å². The lowest BCUT2D eigenvalue weighted by Gasteiger charge is -2.12. The van der Waals surface area contributed by atoms with Gasteiger partial charge in [-0.1, -0.05) is 0 Å². The Balaban J connectivity index is 3.35. The minimum atomic E-state index is -4.57. The largest absolute Gasteiger partial charge is 0.507 e. The third-order valence-corrected chi connectivity index (χ3v) is 2.28. The number of halogens is 4. The smallest absolute Gasteiger partial charge is 0.416 e. The molecule has 0 bridgehead atoms. The molecule has 0 atom stereocenters. The van der Waals surface area contributed by atoms with Crippen LogP contribution in [0, 0.1) is 0 Å². The SMILES string of the molecule is OCc1cc(Br)c(O)cc1C(F)(F)F. The Hall–Kier alpha value is -0.750. The number of rotatable bonds is 1. The zero-order chi connectivity index (χ0) is 10.9. The highest BCUT2D eigenvalue weighted by Crippen LogP contribution is 2.37. The molecular weight excluding hydrogens is 265 g/mol. The van der Waals surface area contributed by atoms with Crippen LogP contribution in [0.1, 0.15) is 11.1 Å². The molecule has 0 aromatic heterocycles. The second-order valence-corrected chi connectivity index (χ2v) is 3.47. The van der Waals surface area contributed by atoms with Crippen molar-refractivity contribution in [1.29, 1.82) is 0 Å². The lowest BCUT2D eigenvalue weighted by molar-refractivity contribution is -0.138. The molecule has 0 saturated heterocycles. The number of hydrogen-bond donors (Lipinski definition) is 2. The maximum absolute atomic E-state index is 12.3. The van der Waals surface area contributed by atoms with E-state index in [2.05, 4.69) is 15.9 Å². The summed E-state index contributed by atoms with van der Waals surface area (Å²) in [6.07, 6.45) is -4.57. The molecule has 0 aliphatic heterocycles. The van der Waals surface area contributed by atoms with Crippen LogP contribution in [0.5, 0.6) is 5.75 Å². The summed E-state index contributed by atoms with van der Waals surface area (Å²) in [6, 6.07) is 1.62. The highest BCUT2D eigenvalue weighted by Gasteiger charge is 2.33. The Morgan fingerprint density at radius 2 is 1.86 bits per heavy atom. The number of aliphatic hydroxyl groups is 1. The van der Waals surface area contributed by atoms with E-state index in [0.717, 1.165) is 6.07 Å². The fraction of sp³-hybridized carbons (Fsp3) is 0.250. The van der Waals surface area contributed by atoms with Crippen molar-refractivity contribution < 1.29 is 23.4 Å². The average Bonchev–Trinajstić information content (AvgIpc) is 2.07. The van der Waals surface area contributed by atoms with Crippen molar-refractivity contribution in [1.82, 2.24) is 0 Å². The number of phenolic OH excluding ortho intramolecular Hbond substituents is 1. The third-order valence-electron chi connectivity index (χ3n) is 1.65. The Labute approximate surface area is 86.1 Å². The molecule has 6 heteroatoms. The van der Waals surface area contributed by atoms with Crippen LogP contribution in [-0.4, -0.2) is 10.2 Å². The van der Waals surface area contributed by atoms with Crippen LogP contribution < -0.4 is 0 Å². The summed E-state index contributed by atoms with van der Waals surface area (Å²) in [6.45, 7) is -0.728. The topological polar surface area (TPSA) is 40.5 Å². The van der Waals surface area contributed by atoms with Crippen molar-refractivity contribution in [2.45, 2.75) is 12.8 Å². The number of phenols is 1. The van der Waals surface area contributed by atoms with E-state index in [4.69, 9.17) is 10.2 Å². The molecule has 1 rings (SSSR count). The second-order valence-electron chi connectivity index (χ2n) is 2.62. The fourth-order valence-electron chi connectivity index (χ4n) is 0.998. The van der Waals surface area contributed by atoms with Gasteiger partial charge in [0, 0.05) is 0 Å². The van der Waals surface area contributed by atoms with E-state index in [9.17, 15) is 13.2 Å². The van der Waals surface area contributed by atoms with Gasteiger partial charge in [0.2, 0.25) is 0 Å². The molecule has 0 unspecified atom stereocenters. The van der Waals surface area contributed by atoms with Crippen molar-refractivity contribution in [3.8, 4) is 5.75 Å². The van der Waals surface area contributed by atoms with Crippen LogP contribution in [0.3, 0.4) is 0 Å². The van der Waals surface area contributed by atoms with Crippen LogP contribution in [0.25, 0.3) is 0 Å². The van der Waals surface area contributed by atoms with E-state index in [1.165, 1.54) is 0 Å². The van der Waals surface area contributed by atoms with Crippen molar-refractivity contribution in [3.63, 3.8) is 0 Å². The Kier molecular flexibility index (Phi) is 3.06. The van der Waals surface area contributed by atoms with E-state index in [1.54, 1.807) is 0 Å². The molecule has 0 fully saturated rings. The first-order valence-corrected chi connectivity index (χ1v) is 4.35. The minimum absolute atomic E-state index is 0.120. The molecule has 2 N–H and O–H groups in total. The Morgan fingerprint density at radius 1 is 1.29 bits per heavy atom. The van der Waals surface area contributed by atoms with E-state index < -0.39 is 24.1 Å². The molecule has 0 radical (unpaired) electrons. The number of hydrogen-bond acceptors (Lipinski definition) is 2. The maximum Gasteiger partial charge on any atom is 0.416 e. The van der Waals surface area contributed by atoms with Gasteiger partial charge in [0.05, 0.1) is 16.6 Å². The molecule has 2 nitrogen and oxygen atoms in total. The van der Waals surface area contributed by atoms with Crippen LogP contribution >= 0.6 is 15.9 Å². The van der Waals surface area contributed by atoms with Crippen LogP contribution in [-0.2, 0) is 12.8 Å². The molecule has 78 valence electrons. The predicted octanol–water partition coefficient (Wildman–Crippen LogP) is 2.67. The standard InChI is InChI=1S/C8H6BrF3O2/c9-6-1-4(3-13)5(2-7(6)14)8(10,11)12/h1-2,13-14H,3H2. The molecule has 0 aliphatic rings. The first kappa shape index (κ1) is 11.3. The molecule has 1 aromatic rings. The van der Waals surface area contributed by atoms with Gasteiger partial charge in [-0.05, 0) is 33.6 Å². The van der Waals surface area contributed by atoms with Gasteiger partial charge in [0.15, 0.2) is 0 Å². The quantitative estimate of drug-likeness (QED) is 0.824. The summed E-state index contributed by atoms with van der Waals surface area (Å²) >= 11 is 2.86. The van der Waals surface area contributed by atoms with Crippen LogP contribution in [0.2, 0.25) is 0 Å². The van der Waals surface area contributed by atoms with Gasteiger partial charge in [-0.2, -0.15) is 13.2 Å². The monoisotopic (exact) mass is 270 g/mol. The van der Waals surface area contributed by atoms with Crippen LogP contribution in [0.4, 0.5) is 13.2 Å². The molecule has 0 saturated carbocycles. The number of alkyl halides is 3. The molecule has 1 aromatic carbocycles. The average molecular weight is 271 g/mol. The lowest BCUT2D eigenvalue weighted by Crippen LogP contribution is -2.09. The highest BCUT2D eigenvalue weighted by molar-refractivity contribution is 9.10. The molecule has 0 amide bonds. The summed E-state index contributed by atoms with van der Waals surface area (Å²) in [4.78, 5) is 0. The maximum atomic E-state index is 12.3. The summed E-state index contributed by atoms with van der Waals surface area (Å²) < 4.78 is 37.0. The predicted molar refractivity (Wildman–Crippen MR) is 46.7 cm³/mol. The van der Waals surface area contributed by atoms with Crippen molar-refractivity contribution in [2.24, 2.45) is 0 Å². The number of benzene rings is 1. The third kappa shape index (κ3) is 2.19. The molecular formula is C8H6BrF3O2. The van der Waals surface area contributed by atoms with Gasteiger partial charge in [0.25, 0.3) is 0 Å². The highest BCUT2D eigenvalue weighted by atomic mass is 79.9. The van der Waals surface area contributed by atoms with Gasteiger partial charge in [-0.25, -0.2) is 0 Å². The van der Waals surface area contributed by atoms with Gasteiger partial charge in [-0.15, -0.1) is 0 Å². The Bertz CT molecular complexity index is 349. The van der Waals surface area contributed by atoms with Crippen molar-refractivity contribution >= 4 is 15.9 Å². The van der Waals surface area contributed by atoms with E-state index >= 15 is 0 Å². The normalized spacial score (nSPS) is 11.8. The van der Waals surface area contributed by atoms with Crippen molar-refractivity contribution in [2.75, 3.05) is 0 Å². The van der Waals surface area contributed by atoms with Gasteiger partial charge < -0.3 is 10.2 Å². The summed E-state index contributed by atoms with van der Waals surface area (Å²) in [5.41, 5.74) is -1.30. The molecule has 0 aliphatic carbocycles. The first-order chi connectivity index (χ1) is 6.36. The second kappa shape index (κ2) is 3.78. The van der Waals surface area contributed by atoms with E-state index in [1.807, 2.05) is 0 Å².